The average molecular weight is 654 g/mol. The van der Waals surface area contributed by atoms with Crippen molar-refractivity contribution in [3.05, 3.63) is 92.0 Å². The smallest absolute Gasteiger partial charge is 0.251 e. The molecule has 1 N–H and O–H groups in total. The highest BCUT2D eigenvalue weighted by molar-refractivity contribution is 8.02. The van der Waals surface area contributed by atoms with Gasteiger partial charge in [-0.15, -0.1) is 24.9 Å². The van der Waals surface area contributed by atoms with Crippen LogP contribution in [0, 0.1) is 11.8 Å². The van der Waals surface area contributed by atoms with Crippen LogP contribution in [0.4, 0.5) is 11.4 Å². The maximum atomic E-state index is 14.9. The fourth-order valence-electron chi connectivity index (χ4n) is 8.02. The minimum Gasteiger partial charge on any atom is -0.494 e. The number of hydrogen-bond acceptors (Lipinski definition) is 6. The van der Waals surface area contributed by atoms with E-state index in [-0.39, 0.29) is 44.0 Å². The van der Waals surface area contributed by atoms with E-state index in [0.29, 0.717) is 37.3 Å². The Bertz CT molecular complexity index is 1690. The first kappa shape index (κ1) is 32.8. The highest BCUT2D eigenvalue weighted by Crippen LogP contribution is 2.71. The molecule has 3 aromatic rings. The molecule has 3 heterocycles. The van der Waals surface area contributed by atoms with E-state index in [1.165, 1.54) is 0 Å². The van der Waals surface area contributed by atoms with Crippen molar-refractivity contribution in [2.24, 2.45) is 11.8 Å². The highest BCUT2D eigenvalue weighted by Gasteiger charge is 2.77. The molecule has 3 amide bonds. The normalized spacial score (nSPS) is 25.9. The second-order valence-corrected chi connectivity index (χ2v) is 14.7. The molecule has 47 heavy (non-hydrogen) atoms. The minimum atomic E-state index is -0.791. The zero-order valence-corrected chi connectivity index (χ0v) is 28.0. The molecule has 2 unspecified atom stereocenters. The zero-order chi connectivity index (χ0) is 33.3. The lowest BCUT2D eigenvalue weighted by Gasteiger charge is -2.38. The molecule has 9 heteroatoms. The lowest BCUT2D eigenvalue weighted by atomic mass is 9.66. The molecule has 3 fully saturated rings. The van der Waals surface area contributed by atoms with Gasteiger partial charge in [-0.05, 0) is 80.3 Å². The van der Waals surface area contributed by atoms with Crippen molar-refractivity contribution >= 4 is 51.6 Å². The van der Waals surface area contributed by atoms with Gasteiger partial charge in [-0.3, -0.25) is 14.4 Å². The molecular formula is C38H43N3O5S. The summed E-state index contributed by atoms with van der Waals surface area (Å²) in [6.45, 7) is 13.1. The molecule has 6 rings (SSSR count). The topological polar surface area (TPSA) is 90.4 Å². The third-order valence-corrected chi connectivity index (χ3v) is 12.0. The number of thioether (sulfide) groups is 1. The Morgan fingerprint density at radius 3 is 2.30 bits per heavy atom. The maximum Gasteiger partial charge on any atom is 0.251 e. The van der Waals surface area contributed by atoms with E-state index in [0.717, 1.165) is 16.5 Å². The van der Waals surface area contributed by atoms with E-state index in [9.17, 15) is 19.5 Å². The lowest BCUT2D eigenvalue weighted by molar-refractivity contribution is -0.139. The number of amides is 3. The van der Waals surface area contributed by atoms with Crippen LogP contribution in [-0.4, -0.2) is 76.1 Å². The number of aliphatic hydroxyl groups excluding tert-OH is 1. The third-order valence-electron chi connectivity index (χ3n) is 9.99. The lowest BCUT2D eigenvalue weighted by Crippen LogP contribution is -2.55. The molecule has 2 bridgehead atoms. The number of fused-ring (bicyclic) bond motifs is 2. The van der Waals surface area contributed by atoms with Gasteiger partial charge in [0.05, 0.1) is 23.2 Å². The number of hydrogen-bond donors (Lipinski definition) is 1. The van der Waals surface area contributed by atoms with Gasteiger partial charge in [0.25, 0.3) is 5.91 Å². The van der Waals surface area contributed by atoms with Gasteiger partial charge >= 0.3 is 0 Å². The Labute approximate surface area is 281 Å². The summed E-state index contributed by atoms with van der Waals surface area (Å²) in [6.07, 6.45) is 5.08. The number of aliphatic hydroxyl groups is 1. The fourth-order valence-corrected chi connectivity index (χ4v) is 10.4. The van der Waals surface area contributed by atoms with Crippen LogP contribution in [0.2, 0.25) is 0 Å². The van der Waals surface area contributed by atoms with E-state index in [4.69, 9.17) is 4.74 Å². The SMILES string of the molecule is C=CCN(C(=O)C1N(CCCO)C(=O)[C@@H]2[C@@H](C(=O)N(CC=C)c3ccc(OCC)cc3)[C@@]3(C)CCC12S3)c1ccc2ccccc2c1. The molecule has 3 aromatic carbocycles. The fraction of sp³-hybridized carbons (Fsp3) is 0.395. The van der Waals surface area contributed by atoms with Crippen molar-refractivity contribution in [3.8, 4) is 5.75 Å². The standard InChI is InChI=1S/C38H43N3O5S/c1-5-21-39(28-15-17-30(18-16-28)46-7-3)34(43)31-32-35(44)41(23-10-24-42)33(38(32)20-19-37(31,4)47-38)36(45)40(22-6-2)29-14-13-26-11-8-9-12-27(26)25-29/h5-6,8-9,11-18,25,31-33,42H,1-2,7,10,19-24H2,3-4H3/t31-,32-,33?,37+,38?/m0/s1. The number of carbonyl (C=O) groups excluding carboxylic acids is 3. The van der Waals surface area contributed by atoms with Crippen molar-refractivity contribution < 1.29 is 24.2 Å². The third kappa shape index (κ3) is 5.53. The summed E-state index contributed by atoms with van der Waals surface area (Å²) in [7, 11) is 0. The molecule has 3 aliphatic heterocycles. The summed E-state index contributed by atoms with van der Waals surface area (Å²) in [5.41, 5.74) is 1.43. The summed E-state index contributed by atoms with van der Waals surface area (Å²) in [4.78, 5) is 49.3. The number of ether oxygens (including phenoxy) is 1. The second kappa shape index (κ2) is 13.2. The van der Waals surface area contributed by atoms with Crippen LogP contribution in [0.15, 0.2) is 92.0 Å². The van der Waals surface area contributed by atoms with Crippen LogP contribution in [-0.2, 0) is 14.4 Å². The van der Waals surface area contributed by atoms with Crippen molar-refractivity contribution in [2.75, 3.05) is 42.6 Å². The molecule has 0 saturated carbocycles. The van der Waals surface area contributed by atoms with Crippen molar-refractivity contribution in [2.45, 2.75) is 48.6 Å². The second-order valence-electron chi connectivity index (χ2n) is 12.8. The quantitative estimate of drug-likeness (QED) is 0.233. The van der Waals surface area contributed by atoms with Gasteiger partial charge in [0.1, 0.15) is 11.8 Å². The van der Waals surface area contributed by atoms with E-state index >= 15 is 0 Å². The van der Waals surface area contributed by atoms with Crippen LogP contribution in [0.1, 0.15) is 33.1 Å². The Morgan fingerprint density at radius 2 is 1.64 bits per heavy atom. The number of benzene rings is 3. The number of rotatable bonds is 13. The number of anilines is 2. The van der Waals surface area contributed by atoms with Crippen molar-refractivity contribution in [1.82, 2.24) is 4.90 Å². The summed E-state index contributed by atoms with van der Waals surface area (Å²) in [5, 5.41) is 11.9. The van der Waals surface area contributed by atoms with Gasteiger partial charge < -0.3 is 24.5 Å². The van der Waals surface area contributed by atoms with Crippen LogP contribution < -0.4 is 14.5 Å². The van der Waals surface area contributed by atoms with E-state index < -0.39 is 27.4 Å². The first-order valence-electron chi connectivity index (χ1n) is 16.4. The molecule has 0 aromatic heterocycles. The first-order chi connectivity index (χ1) is 22.7. The van der Waals surface area contributed by atoms with Crippen LogP contribution in [0.5, 0.6) is 5.75 Å². The molecule has 3 aliphatic rings. The van der Waals surface area contributed by atoms with Crippen molar-refractivity contribution in [1.29, 1.82) is 0 Å². The van der Waals surface area contributed by atoms with Gasteiger partial charge in [0.2, 0.25) is 11.8 Å². The molecule has 246 valence electrons. The Balaban J connectivity index is 1.40. The van der Waals surface area contributed by atoms with Gasteiger partial charge in [-0.25, -0.2) is 0 Å². The largest absolute Gasteiger partial charge is 0.494 e. The molecule has 0 aliphatic carbocycles. The van der Waals surface area contributed by atoms with E-state index in [1.54, 1.807) is 38.6 Å². The summed E-state index contributed by atoms with van der Waals surface area (Å²) in [5.74, 6) is -1.11. The first-order valence-corrected chi connectivity index (χ1v) is 17.2. The number of likely N-dealkylation sites (tertiary alicyclic amines) is 1. The van der Waals surface area contributed by atoms with Crippen LogP contribution >= 0.6 is 11.8 Å². The molecule has 1 spiro atoms. The predicted octanol–water partition coefficient (Wildman–Crippen LogP) is 5.84. The molecule has 3 saturated heterocycles. The summed E-state index contributed by atoms with van der Waals surface area (Å²) < 4.78 is 4.30. The predicted molar refractivity (Wildman–Crippen MR) is 189 cm³/mol. The maximum absolute atomic E-state index is 14.9. The van der Waals surface area contributed by atoms with Gasteiger partial charge in [0, 0.05) is 42.4 Å². The monoisotopic (exact) mass is 653 g/mol. The summed E-state index contributed by atoms with van der Waals surface area (Å²) >= 11 is 1.65. The molecule has 0 radical (unpaired) electrons. The zero-order valence-electron chi connectivity index (χ0n) is 27.1. The highest BCUT2D eigenvalue weighted by atomic mass is 32.2. The molecule has 8 nitrogen and oxygen atoms in total. The van der Waals surface area contributed by atoms with Crippen LogP contribution in [0.25, 0.3) is 10.8 Å². The van der Waals surface area contributed by atoms with Crippen molar-refractivity contribution in [3.63, 3.8) is 0 Å². The van der Waals surface area contributed by atoms with Gasteiger partial charge in [-0.1, -0.05) is 42.5 Å². The minimum absolute atomic E-state index is 0.110. The summed E-state index contributed by atoms with van der Waals surface area (Å²) in [6, 6.07) is 20.5. The molecule has 5 atom stereocenters. The van der Waals surface area contributed by atoms with E-state index in [2.05, 4.69) is 20.1 Å². The van der Waals surface area contributed by atoms with Gasteiger partial charge in [-0.2, -0.15) is 0 Å². The van der Waals surface area contributed by atoms with Crippen LogP contribution in [0.3, 0.4) is 0 Å². The van der Waals surface area contributed by atoms with E-state index in [1.807, 2.05) is 73.7 Å². The number of carbonyl (C=O) groups is 3. The number of nitrogens with zero attached hydrogens (tertiary/aromatic N) is 3. The Hall–Kier alpha value is -4.08. The average Bonchev–Trinajstić information content (AvgIpc) is 3.65. The Morgan fingerprint density at radius 1 is 0.979 bits per heavy atom. The Kier molecular flexibility index (Phi) is 9.23. The molecular weight excluding hydrogens is 611 g/mol. The van der Waals surface area contributed by atoms with Gasteiger partial charge in [0.15, 0.2) is 0 Å².